The molecule has 0 heterocycles. The lowest BCUT2D eigenvalue weighted by atomic mass is 10.3. The van der Waals surface area contributed by atoms with E-state index in [0.717, 1.165) is 19.6 Å². The first-order valence-electron chi connectivity index (χ1n) is 6.87. The van der Waals surface area contributed by atoms with Crippen LogP contribution in [0.25, 0.3) is 0 Å². The van der Waals surface area contributed by atoms with Gasteiger partial charge < -0.3 is 4.90 Å². The van der Waals surface area contributed by atoms with E-state index in [1.807, 2.05) is 13.8 Å². The van der Waals surface area contributed by atoms with Crippen LogP contribution in [0, 0.1) is 10.1 Å². The molecule has 0 atom stereocenters. The van der Waals surface area contributed by atoms with E-state index in [2.05, 4.69) is 9.62 Å². The summed E-state index contributed by atoms with van der Waals surface area (Å²) in [7, 11) is -3.86. The molecule has 0 aliphatic heterocycles. The van der Waals surface area contributed by atoms with Crippen LogP contribution in [0.2, 0.25) is 0 Å². The van der Waals surface area contributed by atoms with Gasteiger partial charge in [0.25, 0.3) is 5.69 Å². The van der Waals surface area contributed by atoms with Gasteiger partial charge in [0.1, 0.15) is 0 Å². The molecule has 0 saturated carbocycles. The molecule has 7 nitrogen and oxygen atoms in total. The summed E-state index contributed by atoms with van der Waals surface area (Å²) in [4.78, 5) is 12.1. The molecule has 0 bridgehead atoms. The number of hydrogen-bond donors (Lipinski definition) is 1. The molecule has 1 rings (SSSR count). The van der Waals surface area contributed by atoms with Crippen molar-refractivity contribution in [3.05, 3.63) is 34.4 Å². The van der Waals surface area contributed by atoms with Crippen LogP contribution >= 0.6 is 0 Å². The van der Waals surface area contributed by atoms with E-state index < -0.39 is 20.6 Å². The van der Waals surface area contributed by atoms with Gasteiger partial charge in [-0.05, 0) is 32.1 Å². The standard InChI is InChI=1S/C13H21N3O4S/c1-3-15(4-2)11-7-10-14-21(19,20)13-9-6-5-8-12(13)16(17)18/h5-6,8-9,14H,3-4,7,10-11H2,1-2H3. The molecule has 1 aromatic rings. The Balaban J connectivity index is 2.68. The maximum Gasteiger partial charge on any atom is 0.289 e. The Kier molecular flexibility index (Phi) is 6.73. The molecule has 0 spiro atoms. The number of para-hydroxylation sites is 1. The molecule has 118 valence electrons. The van der Waals surface area contributed by atoms with Gasteiger partial charge in [0.2, 0.25) is 10.0 Å². The summed E-state index contributed by atoms with van der Waals surface area (Å²) in [6.45, 7) is 6.94. The highest BCUT2D eigenvalue weighted by atomic mass is 32.2. The molecule has 1 aromatic carbocycles. The lowest BCUT2D eigenvalue weighted by Gasteiger charge is -2.17. The Labute approximate surface area is 125 Å². The van der Waals surface area contributed by atoms with Crippen LogP contribution in [-0.4, -0.2) is 44.4 Å². The summed E-state index contributed by atoms with van der Waals surface area (Å²) in [5.74, 6) is 0. The molecule has 0 unspecified atom stereocenters. The van der Waals surface area contributed by atoms with E-state index in [0.29, 0.717) is 6.42 Å². The van der Waals surface area contributed by atoms with Gasteiger partial charge in [0, 0.05) is 12.6 Å². The minimum Gasteiger partial charge on any atom is -0.304 e. The lowest BCUT2D eigenvalue weighted by Crippen LogP contribution is -2.30. The normalized spacial score (nSPS) is 11.8. The SMILES string of the molecule is CCN(CC)CCCNS(=O)(=O)c1ccccc1[N+](=O)[O-]. The zero-order chi connectivity index (χ0) is 15.9. The summed E-state index contributed by atoms with van der Waals surface area (Å²) in [5.41, 5.74) is -0.409. The van der Waals surface area contributed by atoms with Crippen molar-refractivity contribution in [1.29, 1.82) is 0 Å². The predicted octanol–water partition coefficient (Wildman–Crippen LogP) is 1.60. The molecule has 0 aliphatic rings. The Morgan fingerprint density at radius 3 is 2.43 bits per heavy atom. The largest absolute Gasteiger partial charge is 0.304 e. The fourth-order valence-electron chi connectivity index (χ4n) is 1.96. The molecule has 0 saturated heterocycles. The van der Waals surface area contributed by atoms with Gasteiger partial charge in [0.05, 0.1) is 4.92 Å². The van der Waals surface area contributed by atoms with Gasteiger partial charge in [0.15, 0.2) is 4.90 Å². The van der Waals surface area contributed by atoms with Crippen molar-refractivity contribution in [2.24, 2.45) is 0 Å². The molecule has 0 aliphatic carbocycles. The zero-order valence-corrected chi connectivity index (χ0v) is 13.1. The quantitative estimate of drug-likeness (QED) is 0.424. The maximum atomic E-state index is 12.1. The highest BCUT2D eigenvalue weighted by molar-refractivity contribution is 7.89. The van der Waals surface area contributed by atoms with Gasteiger partial charge in [-0.1, -0.05) is 26.0 Å². The fraction of sp³-hybridized carbons (Fsp3) is 0.538. The first kappa shape index (κ1) is 17.5. The van der Waals surface area contributed by atoms with Crippen LogP contribution < -0.4 is 4.72 Å². The van der Waals surface area contributed by atoms with Crippen molar-refractivity contribution in [2.75, 3.05) is 26.2 Å². The van der Waals surface area contributed by atoms with Gasteiger partial charge in [-0.3, -0.25) is 10.1 Å². The van der Waals surface area contributed by atoms with Crippen molar-refractivity contribution >= 4 is 15.7 Å². The predicted molar refractivity (Wildman–Crippen MR) is 80.7 cm³/mol. The molecular weight excluding hydrogens is 294 g/mol. The van der Waals surface area contributed by atoms with Crippen molar-refractivity contribution in [3.8, 4) is 0 Å². The van der Waals surface area contributed by atoms with Crippen molar-refractivity contribution in [3.63, 3.8) is 0 Å². The molecule has 0 fully saturated rings. The minimum atomic E-state index is -3.86. The van der Waals surface area contributed by atoms with E-state index in [1.165, 1.54) is 24.3 Å². The number of nitro benzene ring substituents is 1. The first-order valence-corrected chi connectivity index (χ1v) is 8.36. The second kappa shape index (κ2) is 8.06. The average Bonchev–Trinajstić information content (AvgIpc) is 2.47. The van der Waals surface area contributed by atoms with Gasteiger partial charge >= 0.3 is 0 Å². The molecule has 0 radical (unpaired) electrons. The van der Waals surface area contributed by atoms with Gasteiger partial charge in [-0.2, -0.15) is 0 Å². The summed E-state index contributed by atoms with van der Waals surface area (Å²) in [5, 5.41) is 10.9. The Hall–Kier alpha value is -1.51. The van der Waals surface area contributed by atoms with E-state index in [-0.39, 0.29) is 11.4 Å². The van der Waals surface area contributed by atoms with Crippen LogP contribution in [0.1, 0.15) is 20.3 Å². The third-order valence-corrected chi connectivity index (χ3v) is 4.70. The summed E-state index contributed by atoms with van der Waals surface area (Å²) < 4.78 is 26.6. The molecule has 0 aromatic heterocycles. The summed E-state index contributed by atoms with van der Waals surface area (Å²) >= 11 is 0. The summed E-state index contributed by atoms with van der Waals surface area (Å²) in [6.07, 6.45) is 0.654. The molecular formula is C13H21N3O4S. The molecule has 1 N–H and O–H groups in total. The highest BCUT2D eigenvalue weighted by Gasteiger charge is 2.24. The highest BCUT2D eigenvalue weighted by Crippen LogP contribution is 2.22. The average molecular weight is 315 g/mol. The van der Waals surface area contributed by atoms with Crippen LogP contribution in [-0.2, 0) is 10.0 Å². The Morgan fingerprint density at radius 1 is 1.24 bits per heavy atom. The smallest absolute Gasteiger partial charge is 0.289 e. The number of nitrogens with zero attached hydrogens (tertiary/aromatic N) is 2. The topological polar surface area (TPSA) is 92.6 Å². The zero-order valence-electron chi connectivity index (χ0n) is 12.3. The number of hydrogen-bond acceptors (Lipinski definition) is 5. The monoisotopic (exact) mass is 315 g/mol. The van der Waals surface area contributed by atoms with Crippen LogP contribution in [0.15, 0.2) is 29.2 Å². The van der Waals surface area contributed by atoms with E-state index in [4.69, 9.17) is 0 Å². The van der Waals surface area contributed by atoms with Crippen molar-refractivity contribution in [2.45, 2.75) is 25.2 Å². The van der Waals surface area contributed by atoms with Gasteiger partial charge in [-0.25, -0.2) is 13.1 Å². The van der Waals surface area contributed by atoms with Crippen molar-refractivity contribution in [1.82, 2.24) is 9.62 Å². The molecule has 21 heavy (non-hydrogen) atoms. The van der Waals surface area contributed by atoms with E-state index in [9.17, 15) is 18.5 Å². The third kappa shape index (κ3) is 5.07. The number of nitrogens with one attached hydrogen (secondary N) is 1. The Bertz CT molecular complexity index is 571. The first-order chi connectivity index (χ1) is 9.92. The van der Waals surface area contributed by atoms with Gasteiger partial charge in [-0.15, -0.1) is 0 Å². The Morgan fingerprint density at radius 2 is 1.86 bits per heavy atom. The minimum absolute atomic E-state index is 0.255. The third-order valence-electron chi connectivity index (χ3n) is 3.19. The van der Waals surface area contributed by atoms with E-state index in [1.54, 1.807) is 0 Å². The molecule has 8 heteroatoms. The fourth-order valence-corrected chi connectivity index (χ4v) is 3.21. The van der Waals surface area contributed by atoms with Crippen LogP contribution in [0.4, 0.5) is 5.69 Å². The number of benzene rings is 1. The van der Waals surface area contributed by atoms with E-state index >= 15 is 0 Å². The van der Waals surface area contributed by atoms with Crippen LogP contribution in [0.5, 0.6) is 0 Å². The second-order valence-electron chi connectivity index (χ2n) is 4.50. The number of rotatable bonds is 9. The second-order valence-corrected chi connectivity index (χ2v) is 6.24. The molecule has 0 amide bonds. The number of nitro groups is 1. The van der Waals surface area contributed by atoms with Crippen LogP contribution in [0.3, 0.4) is 0 Å². The lowest BCUT2D eigenvalue weighted by molar-refractivity contribution is -0.387. The maximum absolute atomic E-state index is 12.1. The number of sulfonamides is 1. The summed E-state index contributed by atoms with van der Waals surface area (Å²) in [6, 6.07) is 5.34. The van der Waals surface area contributed by atoms with Crippen molar-refractivity contribution < 1.29 is 13.3 Å².